The van der Waals surface area contributed by atoms with Gasteiger partial charge in [0.05, 0.1) is 0 Å². The van der Waals surface area contributed by atoms with Crippen LogP contribution in [0.3, 0.4) is 0 Å². The van der Waals surface area contributed by atoms with Crippen molar-refractivity contribution in [2.75, 3.05) is 28.7 Å². The Morgan fingerprint density at radius 1 is 1.38 bits per heavy atom. The van der Waals surface area contributed by atoms with Crippen molar-refractivity contribution >= 4 is 39.0 Å². The van der Waals surface area contributed by atoms with Crippen LogP contribution in [0.25, 0.3) is 0 Å². The largest absolute Gasteiger partial charge is 0.338 e. The molecule has 0 spiro atoms. The highest BCUT2D eigenvalue weighted by atomic mass is 35.5. The van der Waals surface area contributed by atoms with Gasteiger partial charge in [0.1, 0.15) is 22.2 Å². The summed E-state index contributed by atoms with van der Waals surface area (Å²) in [5, 5.41) is -0.127. The van der Waals surface area contributed by atoms with Crippen LogP contribution < -0.4 is 4.90 Å². The van der Waals surface area contributed by atoms with Gasteiger partial charge in [-0.1, -0.05) is 25.4 Å². The van der Waals surface area contributed by atoms with E-state index in [-0.39, 0.29) is 5.75 Å². The lowest BCUT2D eigenvalue weighted by molar-refractivity contribution is 0.578. The molecular weight excluding hydrogens is 330 g/mol. The smallest absolute Gasteiger partial charge is 0.171 e. The minimum Gasteiger partial charge on any atom is -0.338 e. The van der Waals surface area contributed by atoms with Gasteiger partial charge in [0, 0.05) is 35.8 Å². The zero-order valence-electron chi connectivity index (χ0n) is 12.5. The van der Waals surface area contributed by atoms with Crippen molar-refractivity contribution in [2.24, 2.45) is 0 Å². The topological polar surface area (TPSA) is 63.2 Å². The number of thioether (sulfide) groups is 1. The molecule has 0 bridgehead atoms. The normalized spacial score (nSPS) is 19.8. The van der Waals surface area contributed by atoms with Gasteiger partial charge in [0.15, 0.2) is 9.84 Å². The third kappa shape index (κ3) is 3.46. The number of halogens is 1. The van der Waals surface area contributed by atoms with Crippen molar-refractivity contribution in [3.63, 3.8) is 0 Å². The van der Waals surface area contributed by atoms with Crippen LogP contribution in [0.15, 0.2) is 0 Å². The van der Waals surface area contributed by atoms with E-state index in [0.717, 1.165) is 11.3 Å². The maximum absolute atomic E-state index is 12.4. The highest BCUT2D eigenvalue weighted by Crippen LogP contribution is 2.30. The number of hydrogen-bond donors (Lipinski definition) is 0. The molecule has 1 saturated heterocycles. The molecule has 1 aliphatic heterocycles. The quantitative estimate of drug-likeness (QED) is 0.777. The van der Waals surface area contributed by atoms with E-state index in [1.54, 1.807) is 18.7 Å². The summed E-state index contributed by atoms with van der Waals surface area (Å²) in [5.41, 5.74) is 0.747. The van der Waals surface area contributed by atoms with E-state index in [4.69, 9.17) is 11.6 Å². The maximum Gasteiger partial charge on any atom is 0.171 e. The van der Waals surface area contributed by atoms with Crippen LogP contribution in [0, 0.1) is 6.92 Å². The van der Waals surface area contributed by atoms with E-state index >= 15 is 0 Å². The molecule has 21 heavy (non-hydrogen) atoms. The average molecular weight is 350 g/mol. The molecule has 2 heterocycles. The first kappa shape index (κ1) is 16.8. The Morgan fingerprint density at radius 2 is 2.10 bits per heavy atom. The highest BCUT2D eigenvalue weighted by Gasteiger charge is 2.34. The summed E-state index contributed by atoms with van der Waals surface area (Å²) in [6.45, 7) is 6.14. The minimum absolute atomic E-state index is 0.132. The molecule has 0 radical (unpaired) electrons. The second kappa shape index (κ2) is 6.71. The molecule has 1 aliphatic rings. The summed E-state index contributed by atoms with van der Waals surface area (Å²) in [6, 6.07) is 0. The molecule has 0 amide bonds. The van der Waals surface area contributed by atoms with Gasteiger partial charge in [-0.3, -0.25) is 0 Å². The lowest BCUT2D eigenvalue weighted by atomic mass is 10.3. The number of hydrogen-bond acceptors (Lipinski definition) is 6. The SMILES string of the molecule is CCc1nc(Cl)c(C)c(N2CCSCC2S(=O)(=O)CC)n1. The maximum atomic E-state index is 12.4. The molecule has 1 aromatic heterocycles. The molecule has 0 N–H and O–H groups in total. The minimum atomic E-state index is -3.17. The predicted octanol–water partition coefficient (Wildman–Crippen LogP) is 2.31. The Balaban J connectivity index is 2.49. The van der Waals surface area contributed by atoms with Crippen molar-refractivity contribution in [2.45, 2.75) is 32.6 Å². The standard InChI is InChI=1S/C13H20ClN3O2S2/c1-4-10-15-12(14)9(3)13(16-10)17-6-7-20-8-11(17)21(18,19)5-2/h11H,4-8H2,1-3H3. The number of sulfone groups is 1. The predicted molar refractivity (Wildman–Crippen MR) is 89.1 cm³/mol. The van der Waals surface area contributed by atoms with Gasteiger partial charge in [-0.05, 0) is 6.92 Å². The molecule has 0 aliphatic carbocycles. The Hall–Kier alpha value is -0.530. The zero-order valence-corrected chi connectivity index (χ0v) is 14.9. The number of nitrogens with zero attached hydrogens (tertiary/aromatic N) is 3. The fraction of sp³-hybridized carbons (Fsp3) is 0.692. The number of rotatable bonds is 4. The summed E-state index contributed by atoms with van der Waals surface area (Å²) in [4.78, 5) is 10.6. The van der Waals surface area contributed by atoms with Crippen molar-refractivity contribution in [1.29, 1.82) is 0 Å². The van der Waals surface area contributed by atoms with Crippen LogP contribution in [0.1, 0.15) is 25.2 Å². The monoisotopic (exact) mass is 349 g/mol. The second-order valence-corrected chi connectivity index (χ2v) is 8.86. The van der Waals surface area contributed by atoms with Crippen molar-refractivity contribution in [3.8, 4) is 0 Å². The Bertz CT molecular complexity index is 622. The van der Waals surface area contributed by atoms with Gasteiger partial charge in [-0.25, -0.2) is 18.4 Å². The number of aromatic nitrogens is 2. The molecule has 5 nitrogen and oxygen atoms in total. The summed E-state index contributed by atoms with van der Waals surface area (Å²) >= 11 is 7.85. The van der Waals surface area contributed by atoms with Crippen molar-refractivity contribution in [1.82, 2.24) is 9.97 Å². The third-order valence-corrected chi connectivity index (χ3v) is 7.25. The van der Waals surface area contributed by atoms with Gasteiger partial charge in [0.25, 0.3) is 0 Å². The van der Waals surface area contributed by atoms with E-state index in [1.165, 1.54) is 0 Å². The molecule has 1 aromatic rings. The zero-order chi connectivity index (χ0) is 15.6. The molecule has 0 aromatic carbocycles. The first-order chi connectivity index (χ1) is 9.90. The van der Waals surface area contributed by atoms with E-state index in [9.17, 15) is 8.42 Å². The lowest BCUT2D eigenvalue weighted by Crippen LogP contribution is -2.48. The second-order valence-electron chi connectivity index (χ2n) is 4.91. The van der Waals surface area contributed by atoms with E-state index < -0.39 is 15.2 Å². The van der Waals surface area contributed by atoms with Crippen LogP contribution in [0.4, 0.5) is 5.82 Å². The molecule has 118 valence electrons. The molecular formula is C13H20ClN3O2S2. The molecule has 1 fully saturated rings. The van der Waals surface area contributed by atoms with Crippen molar-refractivity contribution < 1.29 is 8.42 Å². The van der Waals surface area contributed by atoms with Crippen LogP contribution in [0.5, 0.6) is 0 Å². The molecule has 1 atom stereocenters. The fourth-order valence-corrected chi connectivity index (χ4v) is 5.42. The van der Waals surface area contributed by atoms with Gasteiger partial charge in [0.2, 0.25) is 0 Å². The molecule has 0 saturated carbocycles. The molecule has 1 unspecified atom stereocenters. The average Bonchev–Trinajstić information content (AvgIpc) is 2.50. The molecule has 8 heteroatoms. The van der Waals surface area contributed by atoms with Crippen LogP contribution in [0.2, 0.25) is 5.15 Å². The first-order valence-corrected chi connectivity index (χ1v) is 10.2. The fourth-order valence-electron chi connectivity index (χ4n) is 2.27. The Labute approximate surface area is 135 Å². The summed E-state index contributed by atoms with van der Waals surface area (Å²) in [6.07, 6.45) is 0.667. The van der Waals surface area contributed by atoms with Crippen LogP contribution in [-0.4, -0.2) is 47.6 Å². The van der Waals surface area contributed by atoms with Gasteiger partial charge >= 0.3 is 0 Å². The third-order valence-electron chi connectivity index (χ3n) is 3.60. The van der Waals surface area contributed by atoms with Gasteiger partial charge in [-0.2, -0.15) is 11.8 Å². The Morgan fingerprint density at radius 3 is 2.71 bits per heavy atom. The first-order valence-electron chi connectivity index (χ1n) is 6.99. The van der Waals surface area contributed by atoms with Gasteiger partial charge < -0.3 is 4.90 Å². The van der Waals surface area contributed by atoms with E-state index in [1.807, 2.05) is 18.7 Å². The summed E-state index contributed by atoms with van der Waals surface area (Å²) in [5.74, 6) is 2.89. The lowest BCUT2D eigenvalue weighted by Gasteiger charge is -2.36. The van der Waals surface area contributed by atoms with E-state index in [2.05, 4.69) is 9.97 Å². The number of aryl methyl sites for hydroxylation is 1. The Kier molecular flexibility index (Phi) is 5.38. The highest BCUT2D eigenvalue weighted by molar-refractivity contribution is 8.01. The van der Waals surface area contributed by atoms with Gasteiger partial charge in [-0.15, -0.1) is 0 Å². The van der Waals surface area contributed by atoms with Crippen LogP contribution >= 0.6 is 23.4 Å². The number of anilines is 1. The van der Waals surface area contributed by atoms with Crippen LogP contribution in [-0.2, 0) is 16.3 Å². The summed E-state index contributed by atoms with van der Waals surface area (Å²) < 4.78 is 24.7. The molecule has 2 rings (SSSR count). The van der Waals surface area contributed by atoms with Crippen molar-refractivity contribution in [3.05, 3.63) is 16.5 Å². The van der Waals surface area contributed by atoms with E-state index in [0.29, 0.717) is 35.5 Å². The summed E-state index contributed by atoms with van der Waals surface area (Å²) in [7, 11) is -3.17.